The number of esters is 2. The van der Waals surface area contributed by atoms with Crippen molar-refractivity contribution in [2.75, 3.05) is 20.3 Å². The molecule has 0 aromatic rings. The highest BCUT2D eigenvalue weighted by atomic mass is 16.7. The van der Waals surface area contributed by atoms with Crippen LogP contribution in [0.15, 0.2) is 11.1 Å². The molecule has 7 heteroatoms. The molecular weight excluding hydrogens is 328 g/mol. The van der Waals surface area contributed by atoms with Gasteiger partial charge in [-0.3, -0.25) is 4.79 Å². The number of rotatable bonds is 4. The van der Waals surface area contributed by atoms with Crippen LogP contribution in [0.5, 0.6) is 0 Å². The standard InChI is InChI=1S/C18H24O7/c1-8(20)24-7-11-9-4-12(9)17(2)13(11)5-14-10(6-19)15(21)25-18(14,23-3)16(17)22/h9,11-13,16,19,22H,4-7H2,1-3H3/t9-,11+,12-,13-,16-,17-,18+/m0/s1. The van der Waals surface area contributed by atoms with Crippen molar-refractivity contribution in [3.05, 3.63) is 11.1 Å². The van der Waals surface area contributed by atoms with E-state index in [0.29, 0.717) is 30.4 Å². The van der Waals surface area contributed by atoms with E-state index in [1.54, 1.807) is 0 Å². The van der Waals surface area contributed by atoms with E-state index in [9.17, 15) is 19.8 Å². The van der Waals surface area contributed by atoms with Crippen molar-refractivity contribution >= 4 is 11.9 Å². The maximum Gasteiger partial charge on any atom is 0.339 e. The molecule has 3 saturated carbocycles. The summed E-state index contributed by atoms with van der Waals surface area (Å²) in [5.74, 6) is -1.60. The van der Waals surface area contributed by atoms with E-state index in [1.807, 2.05) is 6.92 Å². The summed E-state index contributed by atoms with van der Waals surface area (Å²) in [6.07, 6.45) is 0.432. The molecular formula is C18H24O7. The van der Waals surface area contributed by atoms with Gasteiger partial charge in [0.25, 0.3) is 5.79 Å². The molecule has 0 spiro atoms. The molecule has 0 radical (unpaired) electrons. The number of fused-ring (bicyclic) bond motifs is 4. The molecule has 7 nitrogen and oxygen atoms in total. The van der Waals surface area contributed by atoms with Crippen LogP contribution in [0.4, 0.5) is 0 Å². The van der Waals surface area contributed by atoms with Gasteiger partial charge in [0.05, 0.1) is 18.8 Å². The molecule has 1 heterocycles. The molecule has 3 fully saturated rings. The minimum atomic E-state index is -1.51. The number of ether oxygens (including phenoxy) is 3. The molecule has 0 aromatic heterocycles. The predicted molar refractivity (Wildman–Crippen MR) is 83.9 cm³/mol. The average Bonchev–Trinajstić information content (AvgIpc) is 3.26. The van der Waals surface area contributed by atoms with Crippen LogP contribution >= 0.6 is 0 Å². The van der Waals surface area contributed by atoms with Gasteiger partial charge in [-0.15, -0.1) is 0 Å². The lowest BCUT2D eigenvalue weighted by Crippen LogP contribution is -2.61. The van der Waals surface area contributed by atoms with Crippen LogP contribution in [0.2, 0.25) is 0 Å². The molecule has 2 N–H and O–H groups in total. The SMILES string of the molecule is CO[C@@]12OC(=O)C(CO)=C1C[C@H]1[C@H](COC(C)=O)[C@@H]3C[C@@H]3[C@]1(C)[C@@H]2O. The minimum absolute atomic E-state index is 0.0416. The van der Waals surface area contributed by atoms with Gasteiger partial charge in [-0.25, -0.2) is 4.79 Å². The second-order valence-electron chi connectivity index (χ2n) is 7.93. The van der Waals surface area contributed by atoms with Gasteiger partial charge in [-0.05, 0) is 36.5 Å². The number of hydrogen-bond acceptors (Lipinski definition) is 7. The highest BCUT2D eigenvalue weighted by Gasteiger charge is 2.75. The van der Waals surface area contributed by atoms with E-state index in [4.69, 9.17) is 14.2 Å². The van der Waals surface area contributed by atoms with Crippen molar-refractivity contribution < 1.29 is 34.0 Å². The van der Waals surface area contributed by atoms with Gasteiger partial charge >= 0.3 is 11.9 Å². The normalized spacial score (nSPS) is 47.1. The Morgan fingerprint density at radius 1 is 1.40 bits per heavy atom. The molecule has 7 atom stereocenters. The Hall–Kier alpha value is -1.44. The van der Waals surface area contributed by atoms with Gasteiger partial charge in [0.15, 0.2) is 0 Å². The number of carbonyl (C=O) groups is 2. The predicted octanol–water partition coefficient (Wildman–Crippen LogP) is 0.391. The summed E-state index contributed by atoms with van der Waals surface area (Å²) in [5, 5.41) is 20.9. The zero-order chi connectivity index (χ0) is 18.1. The lowest BCUT2D eigenvalue weighted by atomic mass is 9.59. The number of carbonyl (C=O) groups excluding carboxylic acids is 2. The fourth-order valence-electron chi connectivity index (χ4n) is 5.81. The van der Waals surface area contributed by atoms with Gasteiger partial charge in [0.2, 0.25) is 0 Å². The third-order valence-corrected chi connectivity index (χ3v) is 7.09. The summed E-state index contributed by atoms with van der Waals surface area (Å²) < 4.78 is 16.3. The second-order valence-corrected chi connectivity index (χ2v) is 7.93. The van der Waals surface area contributed by atoms with E-state index >= 15 is 0 Å². The van der Waals surface area contributed by atoms with Crippen molar-refractivity contribution in [1.82, 2.24) is 0 Å². The molecule has 3 aliphatic carbocycles. The molecule has 0 aromatic carbocycles. The van der Waals surface area contributed by atoms with E-state index in [1.165, 1.54) is 14.0 Å². The Labute approximate surface area is 145 Å². The van der Waals surface area contributed by atoms with Gasteiger partial charge in [-0.2, -0.15) is 0 Å². The van der Waals surface area contributed by atoms with E-state index < -0.39 is 29.9 Å². The summed E-state index contributed by atoms with van der Waals surface area (Å²) in [4.78, 5) is 23.4. The van der Waals surface area contributed by atoms with Crippen molar-refractivity contribution in [2.45, 2.75) is 38.6 Å². The highest BCUT2D eigenvalue weighted by Crippen LogP contribution is 2.73. The number of methoxy groups -OCH3 is 1. The molecule has 0 saturated heterocycles. The minimum Gasteiger partial charge on any atom is -0.466 e. The maximum atomic E-state index is 12.2. The molecule has 138 valence electrons. The smallest absolute Gasteiger partial charge is 0.339 e. The van der Waals surface area contributed by atoms with Gasteiger partial charge in [0.1, 0.15) is 6.10 Å². The van der Waals surface area contributed by atoms with Crippen molar-refractivity contribution in [3.63, 3.8) is 0 Å². The first-order valence-electron chi connectivity index (χ1n) is 8.74. The molecule has 25 heavy (non-hydrogen) atoms. The van der Waals surface area contributed by atoms with Crippen LogP contribution < -0.4 is 0 Å². The average molecular weight is 352 g/mol. The van der Waals surface area contributed by atoms with Gasteiger partial charge in [-0.1, -0.05) is 6.92 Å². The van der Waals surface area contributed by atoms with Crippen LogP contribution in [-0.4, -0.2) is 54.4 Å². The van der Waals surface area contributed by atoms with Crippen LogP contribution in [0.25, 0.3) is 0 Å². The van der Waals surface area contributed by atoms with Crippen molar-refractivity contribution in [1.29, 1.82) is 0 Å². The topological polar surface area (TPSA) is 102 Å². The third-order valence-electron chi connectivity index (χ3n) is 7.09. The van der Waals surface area contributed by atoms with Crippen LogP contribution in [0.3, 0.4) is 0 Å². The van der Waals surface area contributed by atoms with Crippen molar-refractivity contribution in [3.8, 4) is 0 Å². The molecule has 1 aliphatic heterocycles. The fraction of sp³-hybridized carbons (Fsp3) is 0.778. The van der Waals surface area contributed by atoms with Crippen LogP contribution in [0.1, 0.15) is 26.7 Å². The third kappa shape index (κ3) is 1.97. The van der Waals surface area contributed by atoms with Gasteiger partial charge < -0.3 is 24.4 Å². The van der Waals surface area contributed by atoms with Crippen LogP contribution in [-0.2, 0) is 23.8 Å². The molecule has 0 amide bonds. The summed E-state index contributed by atoms with van der Waals surface area (Å²) in [6.45, 7) is 3.28. The molecule has 0 unspecified atom stereocenters. The maximum absolute atomic E-state index is 12.2. The first-order chi connectivity index (χ1) is 11.8. The van der Waals surface area contributed by atoms with Crippen LogP contribution in [0, 0.1) is 29.1 Å². The monoisotopic (exact) mass is 352 g/mol. The second kappa shape index (κ2) is 5.28. The van der Waals surface area contributed by atoms with E-state index in [2.05, 4.69) is 0 Å². The van der Waals surface area contributed by atoms with Gasteiger partial charge in [0, 0.05) is 25.0 Å². The summed E-state index contributed by atoms with van der Waals surface area (Å²) in [6, 6.07) is 0. The quantitative estimate of drug-likeness (QED) is 0.706. The Kier molecular flexibility index (Phi) is 3.59. The number of aliphatic hydroxyl groups is 2. The first kappa shape index (κ1) is 17.0. The fourth-order valence-corrected chi connectivity index (χ4v) is 5.81. The lowest BCUT2D eigenvalue weighted by molar-refractivity contribution is -0.271. The van der Waals surface area contributed by atoms with Crippen molar-refractivity contribution in [2.24, 2.45) is 29.1 Å². The molecule has 4 rings (SSSR count). The Morgan fingerprint density at radius 3 is 2.72 bits per heavy atom. The summed E-state index contributed by atoms with van der Waals surface area (Å²) in [5.41, 5.74) is 0.224. The zero-order valence-corrected chi connectivity index (χ0v) is 14.7. The number of aliphatic hydroxyl groups excluding tert-OH is 2. The summed E-state index contributed by atoms with van der Waals surface area (Å²) >= 11 is 0. The zero-order valence-electron chi connectivity index (χ0n) is 14.7. The largest absolute Gasteiger partial charge is 0.466 e. The summed E-state index contributed by atoms with van der Waals surface area (Å²) in [7, 11) is 1.41. The Bertz CT molecular complexity index is 670. The first-order valence-corrected chi connectivity index (χ1v) is 8.74. The molecule has 0 bridgehead atoms. The highest BCUT2D eigenvalue weighted by molar-refractivity contribution is 5.93. The van der Waals surface area contributed by atoms with E-state index in [0.717, 1.165) is 6.42 Å². The number of hydrogen-bond donors (Lipinski definition) is 2. The van der Waals surface area contributed by atoms with E-state index in [-0.39, 0.29) is 23.4 Å². The lowest BCUT2D eigenvalue weighted by Gasteiger charge is -2.52. The Morgan fingerprint density at radius 2 is 2.12 bits per heavy atom. The Balaban J connectivity index is 1.75. The molecule has 4 aliphatic rings.